The molecule has 3 amide bonds. The van der Waals surface area contributed by atoms with Crippen molar-refractivity contribution in [2.75, 3.05) is 19.8 Å². The van der Waals surface area contributed by atoms with Crippen molar-refractivity contribution in [1.82, 2.24) is 20.5 Å². The summed E-state index contributed by atoms with van der Waals surface area (Å²) < 4.78 is 25.7. The van der Waals surface area contributed by atoms with Gasteiger partial charge in [0.2, 0.25) is 11.8 Å². The number of hydrogen-bond acceptors (Lipinski definition) is 9. The van der Waals surface area contributed by atoms with E-state index >= 15 is 0 Å². The second-order valence-corrected chi connectivity index (χ2v) is 14.3. The van der Waals surface area contributed by atoms with Gasteiger partial charge in [0.05, 0.1) is 35.4 Å². The number of alkyl halides is 1. The van der Waals surface area contributed by atoms with Crippen LogP contribution in [0.5, 0.6) is 5.75 Å². The fraction of sp³-hybridized carbons (Fsp3) is 0.618. The summed E-state index contributed by atoms with van der Waals surface area (Å²) in [6, 6.07) is 3.69. The molecule has 258 valence electrons. The van der Waals surface area contributed by atoms with Gasteiger partial charge >= 0.3 is 5.97 Å². The predicted molar refractivity (Wildman–Crippen MR) is 175 cm³/mol. The number of carbonyl (C=O) groups excluding carboxylic acids is 4. The topological polar surface area (TPSA) is 147 Å². The molecule has 1 saturated heterocycles. The number of aryl methyl sites for hydroxylation is 1. The van der Waals surface area contributed by atoms with Gasteiger partial charge in [-0.3, -0.25) is 19.2 Å². The van der Waals surface area contributed by atoms with Crippen molar-refractivity contribution in [2.45, 2.75) is 110 Å². The van der Waals surface area contributed by atoms with Crippen LogP contribution in [0.2, 0.25) is 0 Å². The second kappa shape index (κ2) is 15.5. The molecule has 2 fully saturated rings. The number of aliphatic hydroxyl groups is 1. The zero-order valence-corrected chi connectivity index (χ0v) is 28.7. The molecule has 2 aliphatic rings. The summed E-state index contributed by atoms with van der Waals surface area (Å²) in [6.07, 6.45) is 1.91. The van der Waals surface area contributed by atoms with Crippen LogP contribution in [0.25, 0.3) is 10.4 Å². The molecular formula is C34H47FN4O7S. The van der Waals surface area contributed by atoms with Crippen LogP contribution >= 0.6 is 11.3 Å². The van der Waals surface area contributed by atoms with Gasteiger partial charge in [0.25, 0.3) is 5.91 Å². The van der Waals surface area contributed by atoms with E-state index in [-0.39, 0.29) is 38.3 Å². The maximum Gasteiger partial charge on any atom is 0.305 e. The number of rotatable bonds is 15. The Hall–Kier alpha value is -3.58. The number of nitrogens with one attached hydrogen (secondary N) is 2. The Morgan fingerprint density at radius 2 is 1.94 bits per heavy atom. The van der Waals surface area contributed by atoms with Gasteiger partial charge in [-0.05, 0) is 63.0 Å². The summed E-state index contributed by atoms with van der Waals surface area (Å²) in [7, 11) is 0. The molecule has 2 heterocycles. The molecule has 3 N–H and O–H groups in total. The van der Waals surface area contributed by atoms with Gasteiger partial charge in [-0.1, -0.05) is 32.9 Å². The third kappa shape index (κ3) is 9.50. The number of thiazole rings is 1. The Morgan fingerprint density at radius 1 is 1.19 bits per heavy atom. The van der Waals surface area contributed by atoms with E-state index in [4.69, 9.17) is 9.47 Å². The highest BCUT2D eigenvalue weighted by molar-refractivity contribution is 7.13. The van der Waals surface area contributed by atoms with Crippen molar-refractivity contribution in [1.29, 1.82) is 0 Å². The highest BCUT2D eigenvalue weighted by Gasteiger charge is 2.53. The van der Waals surface area contributed by atoms with Crippen LogP contribution in [0.1, 0.15) is 83.9 Å². The van der Waals surface area contributed by atoms with Crippen molar-refractivity contribution >= 4 is 35.0 Å². The number of likely N-dealkylation sites (tertiary alicyclic amines) is 1. The van der Waals surface area contributed by atoms with Gasteiger partial charge in [-0.2, -0.15) is 0 Å². The molecule has 1 aliphatic heterocycles. The number of carbonyl (C=O) groups is 4. The first-order chi connectivity index (χ1) is 22.2. The van der Waals surface area contributed by atoms with Crippen molar-refractivity contribution in [3.8, 4) is 16.2 Å². The minimum atomic E-state index is -1.96. The number of aliphatic hydroxyl groups excluding tert-OH is 1. The van der Waals surface area contributed by atoms with E-state index in [0.717, 1.165) is 34.5 Å². The summed E-state index contributed by atoms with van der Waals surface area (Å²) in [5, 5.41) is 16.0. The first kappa shape index (κ1) is 36.3. The number of nitrogens with zero attached hydrogens (tertiary/aromatic N) is 2. The summed E-state index contributed by atoms with van der Waals surface area (Å²) in [4.78, 5) is 58.1. The summed E-state index contributed by atoms with van der Waals surface area (Å²) in [5.74, 6) is -1.43. The van der Waals surface area contributed by atoms with E-state index in [1.165, 1.54) is 16.2 Å². The number of ether oxygens (including phenoxy) is 2. The largest absolute Gasteiger partial charge is 0.493 e. The first-order valence-corrected chi connectivity index (χ1v) is 17.2. The maximum absolute atomic E-state index is 14.5. The predicted octanol–water partition coefficient (Wildman–Crippen LogP) is 4.23. The van der Waals surface area contributed by atoms with Crippen LogP contribution in [0, 0.1) is 12.3 Å². The fourth-order valence-electron chi connectivity index (χ4n) is 5.54. The Balaban J connectivity index is 1.43. The smallest absolute Gasteiger partial charge is 0.305 e. The number of amides is 3. The molecule has 1 aromatic heterocycles. The van der Waals surface area contributed by atoms with Gasteiger partial charge in [0, 0.05) is 31.5 Å². The lowest BCUT2D eigenvalue weighted by Gasteiger charge is -2.35. The monoisotopic (exact) mass is 674 g/mol. The van der Waals surface area contributed by atoms with Gasteiger partial charge in [-0.15, -0.1) is 11.3 Å². The van der Waals surface area contributed by atoms with Crippen LogP contribution < -0.4 is 15.4 Å². The summed E-state index contributed by atoms with van der Waals surface area (Å²) in [6.45, 7) is 9.80. The van der Waals surface area contributed by atoms with Crippen LogP contribution in [0.15, 0.2) is 23.7 Å². The molecule has 0 spiro atoms. The molecule has 1 aliphatic carbocycles. The number of halogens is 1. The number of benzene rings is 1. The maximum atomic E-state index is 14.5. The van der Waals surface area contributed by atoms with Crippen molar-refractivity contribution in [3.05, 3.63) is 35.0 Å². The average molecular weight is 675 g/mol. The second-order valence-electron chi connectivity index (χ2n) is 13.4. The summed E-state index contributed by atoms with van der Waals surface area (Å²) >= 11 is 1.52. The number of esters is 1. The van der Waals surface area contributed by atoms with Gasteiger partial charge in [0.1, 0.15) is 17.8 Å². The normalized spacial score (nSPS) is 19.2. The number of aromatic nitrogens is 1. The van der Waals surface area contributed by atoms with Gasteiger partial charge in [-0.25, -0.2) is 9.37 Å². The molecule has 11 nitrogen and oxygen atoms in total. The highest BCUT2D eigenvalue weighted by Crippen LogP contribution is 2.40. The van der Waals surface area contributed by atoms with E-state index < -0.39 is 47.0 Å². The van der Waals surface area contributed by atoms with Crippen molar-refractivity contribution in [3.63, 3.8) is 0 Å². The van der Waals surface area contributed by atoms with Crippen molar-refractivity contribution < 1.29 is 38.1 Å². The van der Waals surface area contributed by atoms with Gasteiger partial charge < -0.3 is 30.1 Å². The molecule has 0 bridgehead atoms. The SMILES string of the molecule is CCOC(=O)CCCCCOc1cc(-c2scnc2C)ccc1CNC(=O)[C@@H]1C[C@@H](O)CN1C(=O)[C@@H](NC(=O)C1(F)CC1)C(C)(C)C. The lowest BCUT2D eigenvalue weighted by molar-refractivity contribution is -0.145. The number of β-amino-alcohol motifs (C(OH)–C–C–N with tert-alkyl or cyclic N) is 1. The molecular weight excluding hydrogens is 627 g/mol. The lowest BCUT2D eigenvalue weighted by atomic mass is 9.85. The molecule has 1 aromatic carbocycles. The van der Waals surface area contributed by atoms with E-state index in [1.54, 1.807) is 33.2 Å². The first-order valence-electron chi connectivity index (χ1n) is 16.3. The van der Waals surface area contributed by atoms with E-state index in [2.05, 4.69) is 15.6 Å². The van der Waals surface area contributed by atoms with Crippen molar-refractivity contribution in [2.24, 2.45) is 5.41 Å². The highest BCUT2D eigenvalue weighted by atomic mass is 32.1. The Labute approximate surface area is 279 Å². The van der Waals surface area contributed by atoms with E-state index in [1.807, 2.05) is 25.1 Å². The minimum Gasteiger partial charge on any atom is -0.493 e. The van der Waals surface area contributed by atoms with Crippen LogP contribution in [0.3, 0.4) is 0 Å². The molecule has 0 unspecified atom stereocenters. The third-order valence-electron chi connectivity index (χ3n) is 8.47. The Kier molecular flexibility index (Phi) is 12.0. The van der Waals surface area contributed by atoms with E-state index in [0.29, 0.717) is 31.8 Å². The zero-order valence-electron chi connectivity index (χ0n) is 27.9. The minimum absolute atomic E-state index is 0.0359. The molecule has 47 heavy (non-hydrogen) atoms. The lowest BCUT2D eigenvalue weighted by Crippen LogP contribution is -2.59. The molecule has 0 radical (unpaired) electrons. The number of unbranched alkanes of at least 4 members (excludes halogenated alkanes) is 2. The quantitative estimate of drug-likeness (QED) is 0.188. The molecule has 1 saturated carbocycles. The van der Waals surface area contributed by atoms with Crippen LogP contribution in [-0.4, -0.2) is 82.3 Å². The van der Waals surface area contributed by atoms with Crippen LogP contribution in [-0.2, 0) is 30.5 Å². The summed E-state index contributed by atoms with van der Waals surface area (Å²) in [5.41, 5.74) is 1.61. The molecule has 13 heteroatoms. The zero-order chi connectivity index (χ0) is 34.4. The molecule has 3 atom stereocenters. The third-order valence-corrected chi connectivity index (χ3v) is 9.44. The molecule has 2 aromatic rings. The Bertz CT molecular complexity index is 1440. The van der Waals surface area contributed by atoms with Crippen LogP contribution in [0.4, 0.5) is 4.39 Å². The number of hydrogen-bond donors (Lipinski definition) is 3. The standard InChI is InChI=1S/C34H47FN4O7S/c1-6-45-27(41)10-8-7-9-15-46-26-16-22(28-21(2)37-20-47-28)11-12-23(26)18-36-30(42)25-17-24(40)19-39(25)31(43)29(33(3,4)5)38-32(44)34(35)13-14-34/h11-12,16,20,24-25,29,40H,6-10,13-15,17-19H2,1-5H3,(H,36,42)(H,38,44)/t24-,25+,29-/m1/s1. The Morgan fingerprint density at radius 3 is 2.57 bits per heavy atom. The van der Waals surface area contributed by atoms with E-state index in [9.17, 15) is 28.7 Å². The fourth-order valence-corrected chi connectivity index (χ4v) is 6.34. The van der Waals surface area contributed by atoms with Gasteiger partial charge in [0.15, 0.2) is 5.67 Å². The average Bonchev–Trinajstić information content (AvgIpc) is 3.42. The molecule has 4 rings (SSSR count).